The lowest BCUT2D eigenvalue weighted by Crippen LogP contribution is -2.72. The van der Waals surface area contributed by atoms with Crippen LogP contribution in [0, 0.1) is 17.6 Å². The van der Waals surface area contributed by atoms with Crippen molar-refractivity contribution in [2.75, 3.05) is 14.1 Å². The molecule has 2 fully saturated rings. The van der Waals surface area contributed by atoms with Crippen molar-refractivity contribution in [2.24, 2.45) is 5.92 Å². The molecule has 0 bridgehead atoms. The average molecular weight is 467 g/mol. The second-order valence-electron chi connectivity index (χ2n) is 7.51. The molecule has 4 atom stereocenters. The van der Waals surface area contributed by atoms with Gasteiger partial charge in [-0.2, -0.15) is 0 Å². The van der Waals surface area contributed by atoms with Crippen molar-refractivity contribution in [1.82, 2.24) is 20.4 Å². The molecular weight excluding hydrogens is 446 g/mol. The lowest BCUT2D eigenvalue weighted by atomic mass is 9.96. The molecule has 6 nitrogen and oxygen atoms in total. The average Bonchev–Trinajstić information content (AvgIpc) is 2.76. The van der Waals surface area contributed by atoms with Gasteiger partial charge in [-0.05, 0) is 29.8 Å². The van der Waals surface area contributed by atoms with Gasteiger partial charge in [-0.15, -0.1) is 11.8 Å². The van der Waals surface area contributed by atoms with E-state index in [0.29, 0.717) is 10.6 Å². The van der Waals surface area contributed by atoms with Crippen molar-refractivity contribution in [3.05, 3.63) is 70.2 Å². The van der Waals surface area contributed by atoms with Crippen molar-refractivity contribution in [3.8, 4) is 0 Å². The molecule has 2 aromatic rings. The van der Waals surface area contributed by atoms with E-state index in [9.17, 15) is 18.4 Å². The Labute approximate surface area is 187 Å². The zero-order chi connectivity index (χ0) is 22.3. The number of nitrogens with zero attached hydrogens (tertiary/aromatic N) is 2. The van der Waals surface area contributed by atoms with Crippen molar-refractivity contribution < 1.29 is 18.4 Å². The number of hydrogen-bond acceptors (Lipinski definition) is 5. The van der Waals surface area contributed by atoms with Crippen molar-refractivity contribution in [1.29, 1.82) is 0 Å². The highest BCUT2D eigenvalue weighted by molar-refractivity contribution is 7.99. The summed E-state index contributed by atoms with van der Waals surface area (Å²) >= 11 is 7.51. The van der Waals surface area contributed by atoms with Gasteiger partial charge in [0.15, 0.2) is 0 Å². The second-order valence-corrected chi connectivity index (χ2v) is 9.05. The number of hydrogen-bond donors (Lipinski definition) is 2. The van der Waals surface area contributed by atoms with E-state index in [2.05, 4.69) is 10.6 Å². The van der Waals surface area contributed by atoms with E-state index >= 15 is 0 Å². The van der Waals surface area contributed by atoms with Crippen LogP contribution in [0.5, 0.6) is 0 Å². The quantitative estimate of drug-likeness (QED) is 0.721. The van der Waals surface area contributed by atoms with Crippen LogP contribution in [-0.4, -0.2) is 47.4 Å². The second kappa shape index (κ2) is 8.74. The predicted molar refractivity (Wildman–Crippen MR) is 115 cm³/mol. The molecule has 3 amide bonds. The summed E-state index contributed by atoms with van der Waals surface area (Å²) in [6, 6.07) is 10.0. The van der Waals surface area contributed by atoms with Gasteiger partial charge in [-0.25, -0.2) is 13.6 Å². The number of carbonyl (C=O) groups is 2. The molecular formula is C21H21ClF2N4O2S. The molecule has 0 aromatic heterocycles. The predicted octanol–water partition coefficient (Wildman–Crippen LogP) is 3.54. The Morgan fingerprint density at radius 2 is 1.77 bits per heavy atom. The highest BCUT2D eigenvalue weighted by Crippen LogP contribution is 2.36. The van der Waals surface area contributed by atoms with Crippen LogP contribution in [0.25, 0.3) is 0 Å². The largest absolute Gasteiger partial charge is 0.327 e. The van der Waals surface area contributed by atoms with Gasteiger partial charge in [0.25, 0.3) is 0 Å². The maximum absolute atomic E-state index is 14.3. The highest BCUT2D eigenvalue weighted by atomic mass is 35.5. The van der Waals surface area contributed by atoms with Crippen LogP contribution in [0.1, 0.15) is 17.3 Å². The van der Waals surface area contributed by atoms with Gasteiger partial charge in [-0.3, -0.25) is 20.3 Å². The van der Waals surface area contributed by atoms with Crippen LogP contribution < -0.4 is 10.6 Å². The Morgan fingerprint density at radius 3 is 2.45 bits per heavy atom. The minimum Gasteiger partial charge on any atom is -0.311 e. The fourth-order valence-electron chi connectivity index (χ4n) is 3.89. The summed E-state index contributed by atoms with van der Waals surface area (Å²) in [4.78, 5) is 28.1. The number of nitrogens with one attached hydrogen (secondary N) is 2. The first-order chi connectivity index (χ1) is 14.8. The molecule has 4 unspecified atom stereocenters. The summed E-state index contributed by atoms with van der Waals surface area (Å²) in [7, 11) is 3.07. The first-order valence-electron chi connectivity index (χ1n) is 9.64. The fourth-order valence-corrected chi connectivity index (χ4v) is 5.54. The van der Waals surface area contributed by atoms with E-state index in [-0.39, 0.29) is 17.5 Å². The van der Waals surface area contributed by atoms with E-state index in [1.165, 1.54) is 48.0 Å². The highest BCUT2D eigenvalue weighted by Gasteiger charge is 2.51. The van der Waals surface area contributed by atoms with Gasteiger partial charge < -0.3 is 4.90 Å². The summed E-state index contributed by atoms with van der Waals surface area (Å²) in [5.74, 6) is -1.49. The van der Waals surface area contributed by atoms with Crippen LogP contribution in [0.4, 0.5) is 13.6 Å². The first-order valence-corrected chi connectivity index (χ1v) is 11.1. The fraction of sp³-hybridized carbons (Fsp3) is 0.333. The molecule has 2 aliphatic heterocycles. The smallest absolute Gasteiger partial charge is 0.311 e. The minimum atomic E-state index is -0.611. The Morgan fingerprint density at radius 1 is 1.06 bits per heavy atom. The number of halogens is 3. The summed E-state index contributed by atoms with van der Waals surface area (Å²) in [5, 5.41) is 6.50. The molecule has 2 aliphatic rings. The van der Waals surface area contributed by atoms with Crippen molar-refractivity contribution >= 4 is 35.3 Å². The van der Waals surface area contributed by atoms with Crippen LogP contribution in [0.15, 0.2) is 42.5 Å². The molecule has 10 heteroatoms. The monoisotopic (exact) mass is 466 g/mol. The molecule has 0 aliphatic carbocycles. The van der Waals surface area contributed by atoms with Crippen LogP contribution in [0.3, 0.4) is 0 Å². The Kier molecular flexibility index (Phi) is 6.20. The minimum absolute atomic E-state index is 0.233. The van der Waals surface area contributed by atoms with E-state index in [0.717, 1.165) is 10.5 Å². The number of amides is 3. The number of urea groups is 1. The third-order valence-corrected chi connectivity index (χ3v) is 7.23. The summed E-state index contributed by atoms with van der Waals surface area (Å²) in [6.45, 7) is 0. The lowest BCUT2D eigenvalue weighted by molar-refractivity contribution is -0.140. The van der Waals surface area contributed by atoms with Gasteiger partial charge in [0.2, 0.25) is 5.91 Å². The Balaban J connectivity index is 1.65. The van der Waals surface area contributed by atoms with E-state index in [4.69, 9.17) is 11.6 Å². The molecule has 0 saturated carbocycles. The summed E-state index contributed by atoms with van der Waals surface area (Å²) in [5.41, 5.74) is 1.10. The van der Waals surface area contributed by atoms with Gasteiger partial charge in [0.1, 0.15) is 11.6 Å². The SMILES string of the molecule is CN1C(=O)C2C(SCc3c(F)cccc3Cl)NC(c3ccc(F)cc3)NC2N(C)C1=O. The Hall–Kier alpha value is -2.20. The number of rotatable bonds is 4. The molecule has 164 valence electrons. The van der Waals surface area contributed by atoms with E-state index in [1.807, 2.05) is 0 Å². The number of thioether (sulfide) groups is 1. The van der Waals surface area contributed by atoms with Gasteiger partial charge in [-0.1, -0.05) is 29.8 Å². The normalized spacial score (nSPS) is 26.2. The topological polar surface area (TPSA) is 64.7 Å². The van der Waals surface area contributed by atoms with Crippen LogP contribution in [-0.2, 0) is 10.5 Å². The molecule has 2 saturated heterocycles. The summed E-state index contributed by atoms with van der Waals surface area (Å²) in [6.07, 6.45) is -1.03. The van der Waals surface area contributed by atoms with Gasteiger partial charge in [0, 0.05) is 30.4 Å². The zero-order valence-electron chi connectivity index (χ0n) is 16.8. The number of imide groups is 1. The molecule has 2 heterocycles. The number of fused-ring (bicyclic) bond motifs is 1. The van der Waals surface area contributed by atoms with Crippen molar-refractivity contribution in [2.45, 2.75) is 23.5 Å². The Bertz CT molecular complexity index is 989. The van der Waals surface area contributed by atoms with Crippen molar-refractivity contribution in [3.63, 3.8) is 0 Å². The maximum atomic E-state index is 14.3. The third-order valence-electron chi connectivity index (χ3n) is 5.63. The van der Waals surface area contributed by atoms with Crippen LogP contribution >= 0.6 is 23.4 Å². The molecule has 2 N–H and O–H groups in total. The summed E-state index contributed by atoms with van der Waals surface area (Å²) < 4.78 is 27.7. The standard InChI is InChI=1S/C21H21ClF2N4O2S/c1-27-18-16(20(29)28(2)21(27)30)19(31-10-13-14(22)4-3-5-15(13)24)26-17(25-18)11-6-8-12(23)9-7-11/h3-9,16-19,25-26H,10H2,1-2H3. The maximum Gasteiger partial charge on any atom is 0.327 e. The molecule has 31 heavy (non-hydrogen) atoms. The molecule has 0 radical (unpaired) electrons. The first kappa shape index (κ1) is 22.0. The van der Waals surface area contributed by atoms with Gasteiger partial charge in [0.05, 0.1) is 23.6 Å². The van der Waals surface area contributed by atoms with Crippen LogP contribution in [0.2, 0.25) is 5.02 Å². The van der Waals surface area contributed by atoms with E-state index < -0.39 is 35.5 Å². The third kappa shape index (κ3) is 4.15. The number of benzene rings is 2. The lowest BCUT2D eigenvalue weighted by Gasteiger charge is -2.50. The molecule has 4 rings (SSSR count). The number of carbonyl (C=O) groups excluding carboxylic acids is 2. The van der Waals surface area contributed by atoms with E-state index in [1.54, 1.807) is 25.2 Å². The molecule has 2 aromatic carbocycles. The van der Waals surface area contributed by atoms with Gasteiger partial charge >= 0.3 is 6.03 Å². The zero-order valence-corrected chi connectivity index (χ0v) is 18.4. The molecule has 0 spiro atoms.